The van der Waals surface area contributed by atoms with Crippen molar-refractivity contribution in [3.63, 3.8) is 0 Å². The molecule has 1 rings (SSSR count). The molecule has 0 aliphatic heterocycles. The van der Waals surface area contributed by atoms with E-state index in [1.165, 1.54) is 18.4 Å². The number of hydrogen-bond donors (Lipinski definition) is 3. The number of carboxylic acids is 1. The van der Waals surface area contributed by atoms with Gasteiger partial charge < -0.3 is 20.7 Å². The summed E-state index contributed by atoms with van der Waals surface area (Å²) >= 11 is 0. The molecule has 0 amide bonds. The zero-order chi connectivity index (χ0) is 12.1. The fourth-order valence-electron chi connectivity index (χ4n) is 1.25. The fourth-order valence-corrected chi connectivity index (χ4v) is 1.25. The van der Waals surface area contributed by atoms with Crippen LogP contribution in [0.15, 0.2) is 24.3 Å². The van der Waals surface area contributed by atoms with Crippen molar-refractivity contribution in [3.05, 3.63) is 29.8 Å². The Morgan fingerprint density at radius 2 is 2.12 bits per heavy atom. The zero-order valence-corrected chi connectivity index (χ0v) is 8.20. The molecule has 0 saturated carbocycles. The number of benzene rings is 1. The number of nitrogens with two attached hydrogens (primary N) is 1. The Morgan fingerprint density at radius 3 is 2.62 bits per heavy atom. The molecule has 1 aromatic rings. The Labute approximate surface area is 91.5 Å². The van der Waals surface area contributed by atoms with Crippen LogP contribution in [0, 0.1) is 11.5 Å². The van der Waals surface area contributed by atoms with Gasteiger partial charge in [0.05, 0.1) is 0 Å². The first kappa shape index (κ1) is 11.8. The van der Waals surface area contributed by atoms with Crippen LogP contribution in [0.1, 0.15) is 11.7 Å². The highest BCUT2D eigenvalue weighted by Gasteiger charge is 2.30. The van der Waals surface area contributed by atoms with E-state index in [9.17, 15) is 9.90 Å². The number of hydrogen-bond acceptors (Lipinski definition) is 5. The number of carbonyl (C=O) groups is 1. The fraction of sp³-hybridized carbons (Fsp3) is 0.200. The van der Waals surface area contributed by atoms with Crippen LogP contribution in [-0.4, -0.2) is 22.3 Å². The Balaban J connectivity index is 3.00. The first-order valence-corrected chi connectivity index (χ1v) is 4.38. The topological polar surface area (TPSA) is 117 Å². The SMILES string of the molecule is N#CO[C@H](C(=O)O)C(O)c1ccccc1N. The predicted octanol–water partition coefficient (Wildman–Crippen LogP) is 0.253. The van der Waals surface area contributed by atoms with E-state index in [4.69, 9.17) is 16.1 Å². The minimum Gasteiger partial charge on any atom is -0.478 e. The van der Waals surface area contributed by atoms with E-state index in [-0.39, 0.29) is 11.3 Å². The van der Waals surface area contributed by atoms with E-state index in [1.807, 2.05) is 0 Å². The van der Waals surface area contributed by atoms with Gasteiger partial charge in [-0.05, 0) is 6.07 Å². The third kappa shape index (κ3) is 2.40. The van der Waals surface area contributed by atoms with E-state index in [1.54, 1.807) is 12.1 Å². The molecule has 2 atom stereocenters. The lowest BCUT2D eigenvalue weighted by Gasteiger charge is -2.17. The highest BCUT2D eigenvalue weighted by atomic mass is 16.5. The Kier molecular flexibility index (Phi) is 3.69. The zero-order valence-electron chi connectivity index (χ0n) is 8.20. The summed E-state index contributed by atoms with van der Waals surface area (Å²) in [5.41, 5.74) is 6.02. The summed E-state index contributed by atoms with van der Waals surface area (Å²) in [4.78, 5) is 10.7. The summed E-state index contributed by atoms with van der Waals surface area (Å²) in [7, 11) is 0. The number of carboxylic acid groups (broad SMARTS) is 1. The number of aliphatic hydroxyl groups excluding tert-OH is 1. The van der Waals surface area contributed by atoms with Crippen molar-refractivity contribution in [1.29, 1.82) is 5.26 Å². The van der Waals surface area contributed by atoms with Crippen molar-refractivity contribution < 1.29 is 19.7 Å². The minimum atomic E-state index is -1.66. The van der Waals surface area contributed by atoms with Gasteiger partial charge in [-0.2, -0.15) is 5.26 Å². The van der Waals surface area contributed by atoms with Crippen molar-refractivity contribution in [2.24, 2.45) is 0 Å². The molecule has 0 aliphatic rings. The predicted molar refractivity (Wildman–Crippen MR) is 53.9 cm³/mol. The van der Waals surface area contributed by atoms with Gasteiger partial charge in [-0.15, -0.1) is 0 Å². The van der Waals surface area contributed by atoms with Gasteiger partial charge in [-0.3, -0.25) is 0 Å². The molecule has 0 heterocycles. The summed E-state index contributed by atoms with van der Waals surface area (Å²) in [5.74, 6) is -1.43. The highest BCUT2D eigenvalue weighted by molar-refractivity contribution is 5.74. The molecule has 1 unspecified atom stereocenters. The second-order valence-electron chi connectivity index (χ2n) is 3.04. The molecule has 6 heteroatoms. The number of nitriles is 1. The molecular weight excluding hydrogens is 212 g/mol. The van der Waals surface area contributed by atoms with Crippen molar-refractivity contribution in [2.45, 2.75) is 12.2 Å². The second-order valence-corrected chi connectivity index (χ2v) is 3.04. The lowest BCUT2D eigenvalue weighted by molar-refractivity contribution is -0.152. The molecule has 0 spiro atoms. The molecule has 84 valence electrons. The maximum Gasteiger partial charge on any atom is 0.349 e. The van der Waals surface area contributed by atoms with E-state index < -0.39 is 18.2 Å². The van der Waals surface area contributed by atoms with Crippen LogP contribution >= 0.6 is 0 Å². The number of anilines is 1. The van der Waals surface area contributed by atoms with Crippen molar-refractivity contribution >= 4 is 11.7 Å². The van der Waals surface area contributed by atoms with Gasteiger partial charge in [0.1, 0.15) is 6.10 Å². The largest absolute Gasteiger partial charge is 0.478 e. The Bertz CT molecular complexity index is 427. The van der Waals surface area contributed by atoms with Crippen molar-refractivity contribution in [3.8, 4) is 6.26 Å². The summed E-state index contributed by atoms with van der Waals surface area (Å²) in [6.45, 7) is 0. The van der Waals surface area contributed by atoms with Gasteiger partial charge in [-0.1, -0.05) is 18.2 Å². The maximum atomic E-state index is 10.7. The van der Waals surface area contributed by atoms with Crippen molar-refractivity contribution in [1.82, 2.24) is 0 Å². The van der Waals surface area contributed by atoms with Crippen LogP contribution in [0.25, 0.3) is 0 Å². The molecule has 6 nitrogen and oxygen atoms in total. The number of ether oxygens (including phenoxy) is 1. The van der Waals surface area contributed by atoms with E-state index >= 15 is 0 Å². The molecule has 1 aromatic carbocycles. The van der Waals surface area contributed by atoms with Gasteiger partial charge in [0, 0.05) is 11.3 Å². The number of para-hydroxylation sites is 1. The van der Waals surface area contributed by atoms with Gasteiger partial charge in [-0.25, -0.2) is 4.79 Å². The summed E-state index contributed by atoms with van der Waals surface area (Å²) in [5, 5.41) is 26.7. The molecule has 16 heavy (non-hydrogen) atoms. The molecular formula is C10H10N2O4. The Morgan fingerprint density at radius 1 is 1.50 bits per heavy atom. The molecule has 0 saturated heterocycles. The van der Waals surface area contributed by atoms with Crippen LogP contribution in [-0.2, 0) is 9.53 Å². The summed E-state index contributed by atoms with van der Waals surface area (Å²) < 4.78 is 4.28. The number of aliphatic carboxylic acids is 1. The van der Waals surface area contributed by atoms with Crippen LogP contribution in [0.4, 0.5) is 5.69 Å². The van der Waals surface area contributed by atoms with E-state index in [2.05, 4.69) is 4.74 Å². The molecule has 0 aliphatic carbocycles. The first-order valence-electron chi connectivity index (χ1n) is 4.38. The lowest BCUT2D eigenvalue weighted by atomic mass is 10.0. The average Bonchev–Trinajstić information content (AvgIpc) is 2.25. The third-order valence-electron chi connectivity index (χ3n) is 2.02. The highest BCUT2D eigenvalue weighted by Crippen LogP contribution is 2.24. The number of rotatable bonds is 4. The van der Waals surface area contributed by atoms with Crippen LogP contribution in [0.2, 0.25) is 0 Å². The van der Waals surface area contributed by atoms with Gasteiger partial charge >= 0.3 is 5.97 Å². The first-order chi connectivity index (χ1) is 7.57. The number of nitrogens with zero attached hydrogens (tertiary/aromatic N) is 1. The second kappa shape index (κ2) is 5.00. The van der Waals surface area contributed by atoms with Gasteiger partial charge in [0.2, 0.25) is 6.10 Å². The quantitative estimate of drug-likeness (QED) is 0.496. The van der Waals surface area contributed by atoms with Gasteiger partial charge in [0.15, 0.2) is 0 Å². The number of aliphatic hydroxyl groups is 1. The summed E-state index contributed by atoms with van der Waals surface area (Å²) in [6.07, 6.45) is -1.91. The molecule has 0 bridgehead atoms. The van der Waals surface area contributed by atoms with Crippen LogP contribution in [0.5, 0.6) is 0 Å². The van der Waals surface area contributed by atoms with E-state index in [0.717, 1.165) is 0 Å². The van der Waals surface area contributed by atoms with Crippen LogP contribution < -0.4 is 5.73 Å². The third-order valence-corrected chi connectivity index (χ3v) is 2.02. The van der Waals surface area contributed by atoms with Crippen LogP contribution in [0.3, 0.4) is 0 Å². The Hall–Kier alpha value is -2.26. The normalized spacial score (nSPS) is 13.5. The minimum absolute atomic E-state index is 0.213. The monoisotopic (exact) mass is 222 g/mol. The van der Waals surface area contributed by atoms with E-state index in [0.29, 0.717) is 0 Å². The molecule has 0 radical (unpaired) electrons. The maximum absolute atomic E-state index is 10.7. The molecule has 4 N–H and O–H groups in total. The smallest absolute Gasteiger partial charge is 0.349 e. The van der Waals surface area contributed by atoms with Crippen molar-refractivity contribution in [2.75, 3.05) is 5.73 Å². The van der Waals surface area contributed by atoms with Gasteiger partial charge in [0.25, 0.3) is 6.26 Å². The lowest BCUT2D eigenvalue weighted by Crippen LogP contribution is -2.30. The number of nitrogen functional groups attached to an aromatic ring is 1. The average molecular weight is 222 g/mol. The molecule has 0 fully saturated rings. The standard InChI is InChI=1S/C10H10N2O4/c11-5-16-9(10(14)15)8(13)6-3-1-2-4-7(6)12/h1-4,8-9,13H,12H2,(H,14,15)/t8?,9-/m0/s1. The molecule has 0 aromatic heterocycles. The summed E-state index contributed by atoms with van der Waals surface area (Å²) in [6, 6.07) is 6.23.